The molecule has 0 heterocycles. The maximum Gasteiger partial charge on any atom is 0.258 e. The molecule has 0 saturated carbocycles. The molecule has 1 aromatic carbocycles. The fourth-order valence-corrected chi connectivity index (χ4v) is 1.24. The van der Waals surface area contributed by atoms with Crippen LogP contribution >= 0.6 is 11.6 Å². The predicted molar refractivity (Wildman–Crippen MR) is 60.0 cm³/mol. The molecule has 0 unspecified atom stereocenters. The van der Waals surface area contributed by atoms with Gasteiger partial charge in [-0.2, -0.15) is 5.26 Å². The van der Waals surface area contributed by atoms with Gasteiger partial charge < -0.3 is 15.8 Å². The minimum absolute atomic E-state index is 0.0554. The Bertz CT molecular complexity index is 408. The number of anilines is 1. The molecule has 0 saturated heterocycles. The second kappa shape index (κ2) is 5.83. The van der Waals surface area contributed by atoms with E-state index in [2.05, 4.69) is 5.32 Å². The van der Waals surface area contributed by atoms with Crippen molar-refractivity contribution in [2.24, 2.45) is 0 Å². The molecule has 1 amide bonds. The van der Waals surface area contributed by atoms with Gasteiger partial charge in [0.05, 0.1) is 16.8 Å². The number of nitriles is 1. The van der Waals surface area contributed by atoms with Crippen molar-refractivity contribution in [2.75, 3.05) is 18.9 Å². The van der Waals surface area contributed by atoms with E-state index in [1.165, 1.54) is 0 Å². The van der Waals surface area contributed by atoms with Crippen molar-refractivity contribution in [3.8, 4) is 11.8 Å². The SMILES string of the molecule is N#CCNC(=O)COc1c(N)cccc1Cl. The highest BCUT2D eigenvalue weighted by Gasteiger charge is 2.08. The van der Waals surface area contributed by atoms with Gasteiger partial charge in [-0.25, -0.2) is 0 Å². The van der Waals surface area contributed by atoms with Gasteiger partial charge >= 0.3 is 0 Å². The first kappa shape index (κ1) is 12.1. The van der Waals surface area contributed by atoms with E-state index in [4.69, 9.17) is 27.3 Å². The lowest BCUT2D eigenvalue weighted by atomic mass is 10.3. The third-order valence-corrected chi connectivity index (χ3v) is 2.01. The number of nitrogens with zero attached hydrogens (tertiary/aromatic N) is 1. The molecule has 0 radical (unpaired) electrons. The van der Waals surface area contributed by atoms with Crippen LogP contribution in [-0.4, -0.2) is 19.1 Å². The lowest BCUT2D eigenvalue weighted by Crippen LogP contribution is -2.29. The number of nitrogens with two attached hydrogens (primary N) is 1. The first-order chi connectivity index (χ1) is 7.65. The monoisotopic (exact) mass is 239 g/mol. The third-order valence-electron chi connectivity index (χ3n) is 1.71. The lowest BCUT2D eigenvalue weighted by molar-refractivity contribution is -0.122. The van der Waals surface area contributed by atoms with E-state index >= 15 is 0 Å². The number of nitrogen functional groups attached to an aromatic ring is 1. The Hall–Kier alpha value is -1.93. The molecule has 0 aliphatic carbocycles. The average Bonchev–Trinajstić information content (AvgIpc) is 2.25. The quantitative estimate of drug-likeness (QED) is 0.605. The molecular formula is C10H10ClN3O2. The summed E-state index contributed by atoms with van der Waals surface area (Å²) in [7, 11) is 0. The van der Waals surface area contributed by atoms with Crippen LogP contribution in [0.25, 0.3) is 0 Å². The number of ether oxygens (including phenoxy) is 1. The molecule has 0 spiro atoms. The molecule has 84 valence electrons. The minimum Gasteiger partial charge on any atom is -0.480 e. The van der Waals surface area contributed by atoms with Gasteiger partial charge in [-0.1, -0.05) is 17.7 Å². The van der Waals surface area contributed by atoms with Crippen molar-refractivity contribution >= 4 is 23.2 Å². The Morgan fingerprint density at radius 2 is 2.38 bits per heavy atom. The Kier molecular flexibility index (Phi) is 4.42. The summed E-state index contributed by atoms with van der Waals surface area (Å²) in [6.07, 6.45) is 0. The highest BCUT2D eigenvalue weighted by molar-refractivity contribution is 6.32. The molecule has 1 aromatic rings. The number of hydrogen-bond donors (Lipinski definition) is 2. The lowest BCUT2D eigenvalue weighted by Gasteiger charge is -2.09. The minimum atomic E-state index is -0.402. The molecule has 16 heavy (non-hydrogen) atoms. The van der Waals surface area contributed by atoms with E-state index in [-0.39, 0.29) is 18.9 Å². The van der Waals surface area contributed by atoms with E-state index in [0.29, 0.717) is 10.7 Å². The van der Waals surface area contributed by atoms with Crippen LogP contribution in [0.2, 0.25) is 5.02 Å². The van der Waals surface area contributed by atoms with E-state index in [1.807, 2.05) is 0 Å². The standard InChI is InChI=1S/C10H10ClN3O2/c11-7-2-1-3-8(13)10(7)16-6-9(15)14-5-4-12/h1-3H,5-6,13H2,(H,14,15). The summed E-state index contributed by atoms with van der Waals surface area (Å²) in [4.78, 5) is 11.1. The zero-order valence-corrected chi connectivity index (χ0v) is 9.12. The second-order valence-corrected chi connectivity index (χ2v) is 3.29. The maximum absolute atomic E-state index is 11.1. The van der Waals surface area contributed by atoms with Gasteiger partial charge in [0.15, 0.2) is 12.4 Å². The summed E-state index contributed by atoms with van der Waals surface area (Å²) in [5, 5.41) is 10.9. The molecule has 0 aromatic heterocycles. The van der Waals surface area contributed by atoms with E-state index in [0.717, 1.165) is 0 Å². The number of halogens is 1. The van der Waals surface area contributed by atoms with Crippen LogP contribution < -0.4 is 15.8 Å². The topological polar surface area (TPSA) is 88.1 Å². The van der Waals surface area contributed by atoms with Gasteiger partial charge in [-0.15, -0.1) is 0 Å². The first-order valence-corrected chi connectivity index (χ1v) is 4.83. The van der Waals surface area contributed by atoms with Gasteiger partial charge in [0, 0.05) is 0 Å². The van der Waals surface area contributed by atoms with Crippen molar-refractivity contribution in [1.82, 2.24) is 5.32 Å². The van der Waals surface area contributed by atoms with Crippen molar-refractivity contribution in [3.63, 3.8) is 0 Å². The third kappa shape index (κ3) is 3.33. The number of carbonyl (C=O) groups excluding carboxylic acids is 1. The summed E-state index contributed by atoms with van der Waals surface area (Å²) in [5.74, 6) is -0.128. The Morgan fingerprint density at radius 1 is 1.62 bits per heavy atom. The highest BCUT2D eigenvalue weighted by atomic mass is 35.5. The Morgan fingerprint density at radius 3 is 3.00 bits per heavy atom. The molecule has 6 heteroatoms. The summed E-state index contributed by atoms with van der Waals surface area (Å²) >= 11 is 5.83. The van der Waals surface area contributed by atoms with Crippen LogP contribution in [0.5, 0.6) is 5.75 Å². The van der Waals surface area contributed by atoms with Gasteiger partial charge in [-0.3, -0.25) is 4.79 Å². The maximum atomic E-state index is 11.1. The van der Waals surface area contributed by atoms with E-state index < -0.39 is 5.91 Å². The second-order valence-electron chi connectivity index (χ2n) is 2.88. The van der Waals surface area contributed by atoms with Crippen LogP contribution in [0.1, 0.15) is 0 Å². The largest absolute Gasteiger partial charge is 0.480 e. The van der Waals surface area contributed by atoms with Crippen LogP contribution in [0.4, 0.5) is 5.69 Å². The zero-order chi connectivity index (χ0) is 12.0. The Balaban J connectivity index is 2.55. The number of hydrogen-bond acceptors (Lipinski definition) is 4. The van der Waals surface area contributed by atoms with Gasteiger partial charge in [0.1, 0.15) is 6.54 Å². The van der Waals surface area contributed by atoms with Crippen molar-refractivity contribution in [2.45, 2.75) is 0 Å². The van der Waals surface area contributed by atoms with Gasteiger partial charge in [0.25, 0.3) is 5.91 Å². The van der Waals surface area contributed by atoms with Crippen molar-refractivity contribution < 1.29 is 9.53 Å². The summed E-state index contributed by atoms with van der Waals surface area (Å²) < 4.78 is 5.15. The summed E-state index contributed by atoms with van der Waals surface area (Å²) in [5.41, 5.74) is 5.98. The van der Waals surface area contributed by atoms with Crippen molar-refractivity contribution in [1.29, 1.82) is 5.26 Å². The van der Waals surface area contributed by atoms with Gasteiger partial charge in [-0.05, 0) is 12.1 Å². The summed E-state index contributed by atoms with van der Waals surface area (Å²) in [6.45, 7) is -0.282. The van der Waals surface area contributed by atoms with Crippen LogP contribution in [-0.2, 0) is 4.79 Å². The number of nitrogens with one attached hydrogen (secondary N) is 1. The van der Waals surface area contributed by atoms with Crippen LogP contribution in [0.3, 0.4) is 0 Å². The Labute approximate surface area is 97.8 Å². The fourth-order valence-electron chi connectivity index (χ4n) is 1.00. The molecular weight excluding hydrogens is 230 g/mol. The number of para-hydroxylation sites is 1. The zero-order valence-electron chi connectivity index (χ0n) is 8.37. The molecule has 0 bridgehead atoms. The predicted octanol–water partition coefficient (Wildman–Crippen LogP) is 0.941. The van der Waals surface area contributed by atoms with E-state index in [9.17, 15) is 4.79 Å². The number of amides is 1. The number of benzene rings is 1. The molecule has 3 N–H and O–H groups in total. The molecule has 0 aliphatic heterocycles. The number of rotatable bonds is 4. The molecule has 1 rings (SSSR count). The molecule has 0 fully saturated rings. The van der Waals surface area contributed by atoms with Crippen molar-refractivity contribution in [3.05, 3.63) is 23.2 Å². The van der Waals surface area contributed by atoms with E-state index in [1.54, 1.807) is 24.3 Å². The molecule has 5 nitrogen and oxygen atoms in total. The highest BCUT2D eigenvalue weighted by Crippen LogP contribution is 2.30. The van der Waals surface area contributed by atoms with Gasteiger partial charge in [0.2, 0.25) is 0 Å². The average molecular weight is 240 g/mol. The number of carbonyl (C=O) groups is 1. The van der Waals surface area contributed by atoms with Crippen LogP contribution in [0, 0.1) is 11.3 Å². The fraction of sp³-hybridized carbons (Fsp3) is 0.200. The normalized spacial score (nSPS) is 9.25. The smallest absolute Gasteiger partial charge is 0.258 e. The van der Waals surface area contributed by atoms with Crippen LogP contribution in [0.15, 0.2) is 18.2 Å². The molecule has 0 aliphatic rings. The first-order valence-electron chi connectivity index (χ1n) is 4.45. The molecule has 0 atom stereocenters. The summed E-state index contributed by atoms with van der Waals surface area (Å²) in [6, 6.07) is 6.69.